The third-order valence-electron chi connectivity index (χ3n) is 4.41. The van der Waals surface area contributed by atoms with Crippen molar-refractivity contribution in [2.75, 3.05) is 25.0 Å². The number of hydrogen-bond acceptors (Lipinski definition) is 4. The SMILES string of the molecule is Cc1cccc(NCC2CCCN2C(=O)CCNC(=O)C(C)(C)C)n1. The molecule has 2 N–H and O–H groups in total. The lowest BCUT2D eigenvalue weighted by molar-refractivity contribution is -0.132. The highest BCUT2D eigenvalue weighted by atomic mass is 16.2. The molecule has 6 heteroatoms. The van der Waals surface area contributed by atoms with E-state index in [9.17, 15) is 9.59 Å². The van der Waals surface area contributed by atoms with Crippen LogP contribution in [0.25, 0.3) is 0 Å². The lowest BCUT2D eigenvalue weighted by atomic mass is 9.96. The number of pyridine rings is 1. The van der Waals surface area contributed by atoms with Gasteiger partial charge in [-0.15, -0.1) is 0 Å². The van der Waals surface area contributed by atoms with Crippen LogP contribution >= 0.6 is 0 Å². The fraction of sp³-hybridized carbons (Fsp3) is 0.632. The largest absolute Gasteiger partial charge is 0.368 e. The van der Waals surface area contributed by atoms with Crippen molar-refractivity contribution in [2.24, 2.45) is 5.41 Å². The average Bonchev–Trinajstić information content (AvgIpc) is 3.00. The number of hydrogen-bond donors (Lipinski definition) is 2. The van der Waals surface area contributed by atoms with Gasteiger partial charge in [-0.3, -0.25) is 9.59 Å². The standard InChI is InChI=1S/C19H30N4O2/c1-14-7-5-9-16(22-14)21-13-15-8-6-12-23(15)17(24)10-11-20-18(25)19(2,3)4/h5,7,9,15H,6,8,10-13H2,1-4H3,(H,20,25)(H,21,22). The van der Waals surface area contributed by atoms with Gasteiger partial charge in [0.1, 0.15) is 5.82 Å². The van der Waals surface area contributed by atoms with Crippen LogP contribution in [-0.4, -0.2) is 47.4 Å². The number of aryl methyl sites for hydroxylation is 1. The summed E-state index contributed by atoms with van der Waals surface area (Å²) < 4.78 is 0. The fourth-order valence-corrected chi connectivity index (χ4v) is 2.93. The highest BCUT2D eigenvalue weighted by molar-refractivity contribution is 5.82. The number of rotatable bonds is 6. The molecule has 2 rings (SSSR count). The minimum absolute atomic E-state index is 0.0227. The zero-order valence-electron chi connectivity index (χ0n) is 15.8. The van der Waals surface area contributed by atoms with Gasteiger partial charge >= 0.3 is 0 Å². The number of aromatic nitrogens is 1. The second kappa shape index (κ2) is 8.32. The minimum Gasteiger partial charge on any atom is -0.368 e. The monoisotopic (exact) mass is 346 g/mol. The average molecular weight is 346 g/mol. The van der Waals surface area contributed by atoms with Crippen LogP contribution in [0, 0.1) is 12.3 Å². The Hall–Kier alpha value is -2.11. The van der Waals surface area contributed by atoms with Gasteiger partial charge in [-0.2, -0.15) is 0 Å². The summed E-state index contributed by atoms with van der Waals surface area (Å²) in [6.07, 6.45) is 2.37. The van der Waals surface area contributed by atoms with Crippen LogP contribution < -0.4 is 10.6 Å². The van der Waals surface area contributed by atoms with E-state index in [1.165, 1.54) is 0 Å². The van der Waals surface area contributed by atoms with Crippen LogP contribution in [0.5, 0.6) is 0 Å². The van der Waals surface area contributed by atoms with Gasteiger partial charge in [0.15, 0.2) is 0 Å². The molecule has 1 aromatic rings. The number of nitrogens with zero attached hydrogens (tertiary/aromatic N) is 2. The summed E-state index contributed by atoms with van der Waals surface area (Å²) in [6.45, 7) is 9.45. The summed E-state index contributed by atoms with van der Waals surface area (Å²) in [4.78, 5) is 30.7. The van der Waals surface area contributed by atoms with Crippen LogP contribution in [0.15, 0.2) is 18.2 Å². The van der Waals surface area contributed by atoms with E-state index in [4.69, 9.17) is 0 Å². The zero-order chi connectivity index (χ0) is 18.4. The van der Waals surface area contributed by atoms with Gasteiger partial charge in [0.25, 0.3) is 0 Å². The van der Waals surface area contributed by atoms with Gasteiger partial charge in [-0.1, -0.05) is 26.8 Å². The van der Waals surface area contributed by atoms with Crippen molar-refractivity contribution in [2.45, 2.75) is 53.0 Å². The Morgan fingerprint density at radius 2 is 2.08 bits per heavy atom. The summed E-state index contributed by atoms with van der Waals surface area (Å²) in [5, 5.41) is 6.18. The molecule has 6 nitrogen and oxygen atoms in total. The molecule has 2 amide bonds. The van der Waals surface area contributed by atoms with Crippen molar-refractivity contribution < 1.29 is 9.59 Å². The first-order valence-electron chi connectivity index (χ1n) is 9.02. The Morgan fingerprint density at radius 1 is 1.32 bits per heavy atom. The first kappa shape index (κ1) is 19.2. The number of anilines is 1. The predicted octanol–water partition coefficient (Wildman–Crippen LogP) is 2.35. The normalized spacial score (nSPS) is 17.4. The Labute approximate surface area is 150 Å². The van der Waals surface area contributed by atoms with Crippen LogP contribution in [0.3, 0.4) is 0 Å². The second-order valence-electron chi connectivity index (χ2n) is 7.68. The molecule has 1 unspecified atom stereocenters. The molecule has 0 radical (unpaired) electrons. The quantitative estimate of drug-likeness (QED) is 0.829. The molecule has 1 saturated heterocycles. The Kier molecular flexibility index (Phi) is 6.39. The number of nitrogens with one attached hydrogen (secondary N) is 2. The molecule has 0 spiro atoms. The third kappa shape index (κ3) is 5.73. The lowest BCUT2D eigenvalue weighted by Gasteiger charge is -2.25. The molecular weight excluding hydrogens is 316 g/mol. The number of carbonyl (C=O) groups is 2. The Bertz CT molecular complexity index is 610. The minimum atomic E-state index is -0.427. The van der Waals surface area contributed by atoms with Gasteiger partial charge in [-0.25, -0.2) is 4.98 Å². The van der Waals surface area contributed by atoms with E-state index in [2.05, 4.69) is 15.6 Å². The second-order valence-corrected chi connectivity index (χ2v) is 7.68. The Morgan fingerprint density at radius 3 is 2.76 bits per heavy atom. The van der Waals surface area contributed by atoms with Crippen molar-refractivity contribution in [1.29, 1.82) is 0 Å². The fourth-order valence-electron chi connectivity index (χ4n) is 2.93. The Balaban J connectivity index is 1.79. The van der Waals surface area contributed by atoms with E-state index < -0.39 is 5.41 Å². The van der Waals surface area contributed by atoms with Crippen molar-refractivity contribution in [3.63, 3.8) is 0 Å². The number of carbonyl (C=O) groups excluding carboxylic acids is 2. The molecule has 1 aliphatic rings. The van der Waals surface area contributed by atoms with Gasteiger partial charge in [0.2, 0.25) is 11.8 Å². The maximum Gasteiger partial charge on any atom is 0.225 e. The van der Waals surface area contributed by atoms with E-state index in [-0.39, 0.29) is 17.9 Å². The van der Waals surface area contributed by atoms with Gasteiger partial charge in [-0.05, 0) is 31.9 Å². The molecule has 1 fully saturated rings. The highest BCUT2D eigenvalue weighted by Crippen LogP contribution is 2.19. The van der Waals surface area contributed by atoms with Crippen molar-refractivity contribution in [1.82, 2.24) is 15.2 Å². The van der Waals surface area contributed by atoms with Gasteiger partial charge in [0.05, 0.1) is 0 Å². The summed E-state index contributed by atoms with van der Waals surface area (Å²) >= 11 is 0. The lowest BCUT2D eigenvalue weighted by Crippen LogP contribution is -2.42. The molecule has 1 aliphatic heterocycles. The molecule has 1 atom stereocenters. The maximum atomic E-state index is 12.5. The number of amides is 2. The first-order valence-corrected chi connectivity index (χ1v) is 9.02. The van der Waals surface area contributed by atoms with Crippen LogP contribution in [0.1, 0.15) is 45.7 Å². The van der Waals surface area contributed by atoms with Crippen LogP contribution in [-0.2, 0) is 9.59 Å². The van der Waals surface area contributed by atoms with E-state index in [0.29, 0.717) is 19.5 Å². The molecule has 138 valence electrons. The summed E-state index contributed by atoms with van der Waals surface area (Å²) in [5.41, 5.74) is 0.545. The van der Waals surface area contributed by atoms with Crippen molar-refractivity contribution in [3.8, 4) is 0 Å². The molecule has 25 heavy (non-hydrogen) atoms. The molecule has 1 aromatic heterocycles. The van der Waals surface area contributed by atoms with E-state index in [0.717, 1.165) is 30.9 Å². The highest BCUT2D eigenvalue weighted by Gasteiger charge is 2.28. The predicted molar refractivity (Wildman–Crippen MR) is 99.3 cm³/mol. The zero-order valence-corrected chi connectivity index (χ0v) is 15.8. The smallest absolute Gasteiger partial charge is 0.225 e. The van der Waals surface area contributed by atoms with Crippen LogP contribution in [0.2, 0.25) is 0 Å². The first-order chi connectivity index (χ1) is 11.8. The summed E-state index contributed by atoms with van der Waals surface area (Å²) in [5.74, 6) is 0.929. The summed E-state index contributed by atoms with van der Waals surface area (Å²) in [7, 11) is 0. The summed E-state index contributed by atoms with van der Waals surface area (Å²) in [6, 6.07) is 6.06. The van der Waals surface area contributed by atoms with Crippen molar-refractivity contribution >= 4 is 17.6 Å². The van der Waals surface area contributed by atoms with E-state index in [1.54, 1.807) is 0 Å². The molecule has 2 heterocycles. The third-order valence-corrected chi connectivity index (χ3v) is 4.41. The van der Waals surface area contributed by atoms with Crippen LogP contribution in [0.4, 0.5) is 5.82 Å². The molecule has 0 bridgehead atoms. The molecule has 0 aliphatic carbocycles. The molecule has 0 aromatic carbocycles. The number of likely N-dealkylation sites (tertiary alicyclic amines) is 1. The van der Waals surface area contributed by atoms with E-state index in [1.807, 2.05) is 50.8 Å². The van der Waals surface area contributed by atoms with Gasteiger partial charge < -0.3 is 15.5 Å². The van der Waals surface area contributed by atoms with E-state index >= 15 is 0 Å². The van der Waals surface area contributed by atoms with Gasteiger partial charge in [0, 0.05) is 43.2 Å². The topological polar surface area (TPSA) is 74.3 Å². The molecular formula is C19H30N4O2. The maximum absolute atomic E-state index is 12.5. The molecule has 0 saturated carbocycles. The van der Waals surface area contributed by atoms with Crippen molar-refractivity contribution in [3.05, 3.63) is 23.9 Å².